The smallest absolute Gasteiger partial charge is 0.292 e. The van der Waals surface area contributed by atoms with E-state index in [1.54, 1.807) is 23.9 Å². The van der Waals surface area contributed by atoms with Crippen LogP contribution in [0.15, 0.2) is 30.5 Å². The van der Waals surface area contributed by atoms with E-state index in [0.29, 0.717) is 12.2 Å². The lowest BCUT2D eigenvalue weighted by atomic mass is 10.1. The first-order valence-corrected chi connectivity index (χ1v) is 5.78. The molecule has 0 amide bonds. The van der Waals surface area contributed by atoms with Gasteiger partial charge in [-0.3, -0.25) is 14.8 Å². The van der Waals surface area contributed by atoms with Gasteiger partial charge in [0.25, 0.3) is 5.69 Å². The summed E-state index contributed by atoms with van der Waals surface area (Å²) in [6.45, 7) is 0.488. The Balaban J connectivity index is 2.12. The Kier molecular flexibility index (Phi) is 3.65. The summed E-state index contributed by atoms with van der Waals surface area (Å²) in [5.41, 5.74) is 1.41. The van der Waals surface area contributed by atoms with Crippen LogP contribution in [0.1, 0.15) is 5.56 Å². The highest BCUT2D eigenvalue weighted by Gasteiger charge is 2.13. The fraction of sp³-hybridized carbons (Fsp3) is 0.250. The van der Waals surface area contributed by atoms with E-state index >= 15 is 0 Å². The van der Waals surface area contributed by atoms with Gasteiger partial charge in [0.2, 0.25) is 0 Å². The molecule has 0 radical (unpaired) electrons. The van der Waals surface area contributed by atoms with Crippen LogP contribution in [0.4, 0.5) is 17.2 Å². The third-order valence-corrected chi connectivity index (χ3v) is 2.72. The molecule has 0 aliphatic heterocycles. The van der Waals surface area contributed by atoms with Crippen molar-refractivity contribution in [3.63, 3.8) is 0 Å². The minimum Gasteiger partial charge on any atom is -0.383 e. The molecule has 0 saturated carbocycles. The molecule has 100 valence electrons. The van der Waals surface area contributed by atoms with E-state index in [-0.39, 0.29) is 5.69 Å². The van der Waals surface area contributed by atoms with Crippen LogP contribution in [0.5, 0.6) is 0 Å². The van der Waals surface area contributed by atoms with Crippen molar-refractivity contribution in [1.82, 2.24) is 9.78 Å². The molecule has 19 heavy (non-hydrogen) atoms. The molecule has 0 bridgehead atoms. The van der Waals surface area contributed by atoms with Crippen LogP contribution in [0, 0.1) is 10.1 Å². The first-order valence-electron chi connectivity index (χ1n) is 5.78. The number of hydrogen-bond acceptors (Lipinski definition) is 5. The molecule has 1 aromatic heterocycles. The van der Waals surface area contributed by atoms with E-state index in [2.05, 4.69) is 15.7 Å². The summed E-state index contributed by atoms with van der Waals surface area (Å²) in [5, 5.41) is 21.0. The maximum absolute atomic E-state index is 10.9. The van der Waals surface area contributed by atoms with E-state index in [0.717, 1.165) is 11.4 Å². The second-order valence-electron chi connectivity index (χ2n) is 4.09. The van der Waals surface area contributed by atoms with E-state index in [1.807, 2.05) is 25.4 Å². The summed E-state index contributed by atoms with van der Waals surface area (Å²) in [6.07, 6.45) is 1.83. The summed E-state index contributed by atoms with van der Waals surface area (Å²) in [4.78, 5) is 10.5. The summed E-state index contributed by atoms with van der Waals surface area (Å²) >= 11 is 0. The summed E-state index contributed by atoms with van der Waals surface area (Å²) in [5.74, 6) is 0.739. The fourth-order valence-electron chi connectivity index (χ4n) is 1.75. The number of nitrogens with one attached hydrogen (secondary N) is 2. The lowest BCUT2D eigenvalue weighted by Crippen LogP contribution is -2.03. The van der Waals surface area contributed by atoms with Crippen LogP contribution < -0.4 is 10.6 Å². The molecule has 0 saturated heterocycles. The number of rotatable bonds is 5. The zero-order chi connectivity index (χ0) is 13.8. The molecule has 1 aromatic carbocycles. The van der Waals surface area contributed by atoms with Gasteiger partial charge in [0.05, 0.1) is 4.92 Å². The zero-order valence-electron chi connectivity index (χ0n) is 10.8. The van der Waals surface area contributed by atoms with Gasteiger partial charge in [-0.15, -0.1) is 0 Å². The highest BCUT2D eigenvalue weighted by molar-refractivity contribution is 5.62. The molecule has 2 N–H and O–H groups in total. The molecule has 2 rings (SSSR count). The number of aromatic nitrogens is 2. The topological polar surface area (TPSA) is 85.0 Å². The van der Waals surface area contributed by atoms with Crippen molar-refractivity contribution >= 4 is 17.2 Å². The molecule has 7 nitrogen and oxygen atoms in total. The average Bonchev–Trinajstić information content (AvgIpc) is 2.81. The fourth-order valence-corrected chi connectivity index (χ4v) is 1.75. The van der Waals surface area contributed by atoms with Gasteiger partial charge in [-0.1, -0.05) is 6.07 Å². The Labute approximate surface area is 110 Å². The van der Waals surface area contributed by atoms with E-state index < -0.39 is 4.92 Å². The lowest BCUT2D eigenvalue weighted by molar-refractivity contribution is -0.384. The largest absolute Gasteiger partial charge is 0.383 e. The number of benzene rings is 1. The van der Waals surface area contributed by atoms with Crippen molar-refractivity contribution in [3.05, 3.63) is 46.1 Å². The van der Waals surface area contributed by atoms with Crippen LogP contribution in [0.2, 0.25) is 0 Å². The molecule has 0 aliphatic carbocycles. The first kappa shape index (κ1) is 12.9. The van der Waals surface area contributed by atoms with Crippen molar-refractivity contribution in [2.45, 2.75) is 6.54 Å². The van der Waals surface area contributed by atoms with Crippen LogP contribution in [0.25, 0.3) is 0 Å². The van der Waals surface area contributed by atoms with Crippen molar-refractivity contribution in [1.29, 1.82) is 0 Å². The first-order chi connectivity index (χ1) is 9.10. The second kappa shape index (κ2) is 5.38. The van der Waals surface area contributed by atoms with Crippen LogP contribution in [-0.4, -0.2) is 21.8 Å². The summed E-state index contributed by atoms with van der Waals surface area (Å²) < 4.78 is 1.69. The number of aryl methyl sites for hydroxylation is 1. The van der Waals surface area contributed by atoms with Gasteiger partial charge in [0.15, 0.2) is 0 Å². The van der Waals surface area contributed by atoms with Gasteiger partial charge >= 0.3 is 0 Å². The highest BCUT2D eigenvalue weighted by Crippen LogP contribution is 2.25. The lowest BCUT2D eigenvalue weighted by Gasteiger charge is -2.06. The molecule has 0 aliphatic rings. The Bertz CT molecular complexity index is 594. The average molecular weight is 261 g/mol. The predicted molar refractivity (Wildman–Crippen MR) is 73.2 cm³/mol. The van der Waals surface area contributed by atoms with Crippen molar-refractivity contribution in [2.75, 3.05) is 17.7 Å². The molecule has 0 fully saturated rings. The summed E-state index contributed by atoms with van der Waals surface area (Å²) in [7, 11) is 3.49. The number of nitro groups is 1. The van der Waals surface area contributed by atoms with Crippen LogP contribution in [-0.2, 0) is 13.6 Å². The SMILES string of the molecule is CNc1ccc(CNc2ccn(C)n2)cc1[N+](=O)[O-]. The molecule has 1 heterocycles. The Morgan fingerprint density at radius 3 is 2.79 bits per heavy atom. The van der Waals surface area contributed by atoms with Gasteiger partial charge in [0, 0.05) is 39.0 Å². The zero-order valence-corrected chi connectivity index (χ0v) is 10.8. The Hall–Kier alpha value is -2.57. The van der Waals surface area contributed by atoms with E-state index in [1.165, 1.54) is 0 Å². The number of nitro benzene ring substituents is 1. The minimum atomic E-state index is -0.393. The normalized spacial score (nSPS) is 10.2. The van der Waals surface area contributed by atoms with Crippen molar-refractivity contribution in [3.8, 4) is 0 Å². The summed E-state index contributed by atoms with van der Waals surface area (Å²) in [6, 6.07) is 6.94. The number of anilines is 2. The second-order valence-corrected chi connectivity index (χ2v) is 4.09. The molecule has 0 atom stereocenters. The van der Waals surface area contributed by atoms with Crippen molar-refractivity contribution in [2.24, 2.45) is 7.05 Å². The standard InChI is InChI=1S/C12H15N5O2/c1-13-10-4-3-9(7-11(10)17(18)19)8-14-12-5-6-16(2)15-12/h3-7,13H,8H2,1-2H3,(H,14,15). The van der Waals surface area contributed by atoms with Gasteiger partial charge in [-0.25, -0.2) is 0 Å². The van der Waals surface area contributed by atoms with Gasteiger partial charge in [-0.2, -0.15) is 5.10 Å². The van der Waals surface area contributed by atoms with E-state index in [4.69, 9.17) is 0 Å². The monoisotopic (exact) mass is 261 g/mol. The maximum atomic E-state index is 10.9. The Morgan fingerprint density at radius 2 is 2.21 bits per heavy atom. The molecule has 2 aromatic rings. The van der Waals surface area contributed by atoms with Gasteiger partial charge in [0.1, 0.15) is 11.5 Å². The quantitative estimate of drug-likeness (QED) is 0.635. The highest BCUT2D eigenvalue weighted by atomic mass is 16.6. The maximum Gasteiger partial charge on any atom is 0.292 e. The van der Waals surface area contributed by atoms with Crippen LogP contribution in [0.3, 0.4) is 0 Å². The third-order valence-electron chi connectivity index (χ3n) is 2.72. The number of nitrogens with zero attached hydrogens (tertiary/aromatic N) is 3. The van der Waals surface area contributed by atoms with Gasteiger partial charge < -0.3 is 10.6 Å². The van der Waals surface area contributed by atoms with Gasteiger partial charge in [-0.05, 0) is 11.6 Å². The molecule has 0 spiro atoms. The predicted octanol–water partition coefficient (Wildman–Crippen LogP) is 1.98. The molecular formula is C12H15N5O2. The van der Waals surface area contributed by atoms with E-state index in [9.17, 15) is 10.1 Å². The van der Waals surface area contributed by atoms with Crippen molar-refractivity contribution < 1.29 is 4.92 Å². The molecule has 0 unspecified atom stereocenters. The third kappa shape index (κ3) is 3.01. The molecular weight excluding hydrogens is 246 g/mol. The Morgan fingerprint density at radius 1 is 1.42 bits per heavy atom. The number of hydrogen-bond donors (Lipinski definition) is 2. The minimum absolute atomic E-state index is 0.0721. The molecule has 7 heteroatoms. The van der Waals surface area contributed by atoms with Crippen LogP contribution >= 0.6 is 0 Å².